The molecule has 0 spiro atoms. The van der Waals surface area contributed by atoms with Crippen LogP contribution in [0.2, 0.25) is 0 Å². The number of nitrogens with one attached hydrogen (secondary N) is 1. The van der Waals surface area contributed by atoms with E-state index in [1.165, 1.54) is 0 Å². The molecule has 21 heavy (non-hydrogen) atoms. The van der Waals surface area contributed by atoms with Crippen LogP contribution in [0.5, 0.6) is 0 Å². The largest absolute Gasteiger partial charge is 0.343 e. The van der Waals surface area contributed by atoms with E-state index in [9.17, 15) is 9.59 Å². The van der Waals surface area contributed by atoms with Gasteiger partial charge in [-0.25, -0.2) is 0 Å². The van der Waals surface area contributed by atoms with Gasteiger partial charge in [0.25, 0.3) is 0 Å². The van der Waals surface area contributed by atoms with Gasteiger partial charge in [-0.1, -0.05) is 48.5 Å². The Hall–Kier alpha value is -2.42. The first-order valence-corrected chi connectivity index (χ1v) is 7.01. The predicted octanol–water partition coefficient (Wildman–Crippen LogP) is 2.91. The predicted molar refractivity (Wildman–Crippen MR) is 81.8 cm³/mol. The minimum Gasteiger partial charge on any atom is -0.343 e. The van der Waals surface area contributed by atoms with Crippen LogP contribution >= 0.6 is 0 Å². The monoisotopic (exact) mass is 279 g/mol. The highest BCUT2D eigenvalue weighted by molar-refractivity contribution is 6.16. The molecule has 0 bridgehead atoms. The van der Waals surface area contributed by atoms with Crippen LogP contribution in [0, 0.1) is 0 Å². The topological polar surface area (TPSA) is 46.2 Å². The van der Waals surface area contributed by atoms with Crippen molar-refractivity contribution in [2.75, 3.05) is 0 Å². The first-order valence-electron chi connectivity index (χ1n) is 7.01. The minimum absolute atomic E-state index is 0.0716. The highest BCUT2D eigenvalue weighted by Crippen LogP contribution is 2.31. The zero-order valence-corrected chi connectivity index (χ0v) is 12.1. The molecule has 106 valence electrons. The molecule has 1 unspecified atom stereocenters. The Balaban J connectivity index is 2.01. The highest BCUT2D eigenvalue weighted by atomic mass is 16.2. The second-order valence-corrected chi connectivity index (χ2v) is 5.90. The summed E-state index contributed by atoms with van der Waals surface area (Å²) in [5.74, 6) is -0.989. The molecule has 1 saturated heterocycles. The average Bonchev–Trinajstić information content (AvgIpc) is 2.68. The molecular weight excluding hydrogens is 262 g/mol. The van der Waals surface area contributed by atoms with E-state index in [4.69, 9.17) is 0 Å². The zero-order valence-electron chi connectivity index (χ0n) is 12.1. The number of hydrogen-bond donors (Lipinski definition) is 1. The van der Waals surface area contributed by atoms with E-state index in [0.29, 0.717) is 0 Å². The summed E-state index contributed by atoms with van der Waals surface area (Å²) in [5.41, 5.74) is 2.05. The number of Topliss-reactive ketones (excluding diaryl/α,β-unsaturated/α-hetero) is 1. The van der Waals surface area contributed by atoms with Gasteiger partial charge in [0.15, 0.2) is 5.78 Å². The van der Waals surface area contributed by atoms with Crippen LogP contribution in [0.3, 0.4) is 0 Å². The molecule has 1 aliphatic rings. The molecule has 1 N–H and O–H groups in total. The van der Waals surface area contributed by atoms with Gasteiger partial charge in [0.05, 0.1) is 5.54 Å². The van der Waals surface area contributed by atoms with E-state index in [-0.39, 0.29) is 11.7 Å². The molecule has 2 aromatic carbocycles. The lowest BCUT2D eigenvalue weighted by molar-refractivity contribution is -0.125. The van der Waals surface area contributed by atoms with Gasteiger partial charge in [-0.3, -0.25) is 9.59 Å². The maximum atomic E-state index is 12.4. The smallest absolute Gasteiger partial charge is 0.235 e. The van der Waals surface area contributed by atoms with Gasteiger partial charge in [-0.15, -0.1) is 0 Å². The number of amides is 1. The summed E-state index contributed by atoms with van der Waals surface area (Å²) in [5, 5.41) is 2.76. The minimum atomic E-state index is -0.787. The van der Waals surface area contributed by atoms with Gasteiger partial charge < -0.3 is 5.32 Å². The van der Waals surface area contributed by atoms with Crippen molar-refractivity contribution in [2.45, 2.75) is 25.3 Å². The molecule has 1 amide bonds. The van der Waals surface area contributed by atoms with Crippen LogP contribution in [0.4, 0.5) is 0 Å². The Morgan fingerprint density at radius 2 is 1.57 bits per heavy atom. The van der Waals surface area contributed by atoms with Crippen LogP contribution < -0.4 is 5.32 Å². The molecule has 0 saturated carbocycles. The molecule has 3 rings (SSSR count). The third-order valence-corrected chi connectivity index (χ3v) is 3.90. The highest BCUT2D eigenvalue weighted by Gasteiger charge is 2.46. The van der Waals surface area contributed by atoms with Crippen molar-refractivity contribution in [3.63, 3.8) is 0 Å². The Kier molecular flexibility index (Phi) is 3.13. The van der Waals surface area contributed by atoms with E-state index in [0.717, 1.165) is 16.7 Å². The van der Waals surface area contributed by atoms with Gasteiger partial charge in [0, 0.05) is 0 Å². The number of hydrogen-bond acceptors (Lipinski definition) is 2. The summed E-state index contributed by atoms with van der Waals surface area (Å²) < 4.78 is 0. The lowest BCUT2D eigenvalue weighted by Crippen LogP contribution is -2.39. The normalized spacial score (nSPS) is 20.4. The maximum absolute atomic E-state index is 12.4. The lowest BCUT2D eigenvalue weighted by atomic mass is 9.88. The Labute approximate surface area is 124 Å². The van der Waals surface area contributed by atoms with Gasteiger partial charge in [-0.05, 0) is 36.6 Å². The van der Waals surface area contributed by atoms with Crippen LogP contribution in [0.1, 0.15) is 25.3 Å². The van der Waals surface area contributed by atoms with Gasteiger partial charge in [-0.2, -0.15) is 0 Å². The van der Waals surface area contributed by atoms with E-state index in [1.807, 2.05) is 54.6 Å². The molecule has 0 radical (unpaired) electrons. The van der Waals surface area contributed by atoms with Crippen LogP contribution in [0.15, 0.2) is 54.6 Å². The number of rotatable bonds is 2. The van der Waals surface area contributed by atoms with E-state index >= 15 is 0 Å². The second-order valence-electron chi connectivity index (χ2n) is 5.90. The molecule has 3 heteroatoms. The molecule has 2 aromatic rings. The summed E-state index contributed by atoms with van der Waals surface area (Å²) in [6.45, 7) is 3.49. The summed E-state index contributed by atoms with van der Waals surface area (Å²) >= 11 is 0. The van der Waals surface area contributed by atoms with Crippen molar-refractivity contribution in [1.29, 1.82) is 0 Å². The molecule has 3 nitrogen and oxygen atoms in total. The fourth-order valence-electron chi connectivity index (χ4n) is 2.75. The fraction of sp³-hybridized carbons (Fsp3) is 0.222. The van der Waals surface area contributed by atoms with Crippen molar-refractivity contribution in [3.8, 4) is 11.1 Å². The van der Waals surface area contributed by atoms with Crippen molar-refractivity contribution >= 4 is 11.7 Å². The molecular formula is C18H17NO2. The molecule has 0 aromatic heterocycles. The Morgan fingerprint density at radius 1 is 0.905 bits per heavy atom. The molecule has 1 aliphatic heterocycles. The summed E-state index contributed by atoms with van der Waals surface area (Å²) in [7, 11) is 0. The van der Waals surface area contributed by atoms with E-state index in [1.54, 1.807) is 13.8 Å². The zero-order chi connectivity index (χ0) is 15.0. The molecule has 1 fully saturated rings. The third-order valence-electron chi connectivity index (χ3n) is 3.90. The summed E-state index contributed by atoms with van der Waals surface area (Å²) in [6, 6.07) is 17.6. The number of carbonyl (C=O) groups is 2. The first kappa shape index (κ1) is 13.6. The van der Waals surface area contributed by atoms with Crippen molar-refractivity contribution in [1.82, 2.24) is 5.32 Å². The van der Waals surface area contributed by atoms with Crippen LogP contribution in [-0.2, 0) is 9.59 Å². The van der Waals surface area contributed by atoms with Crippen molar-refractivity contribution in [2.24, 2.45) is 0 Å². The van der Waals surface area contributed by atoms with E-state index < -0.39 is 11.5 Å². The maximum Gasteiger partial charge on any atom is 0.235 e. The quantitative estimate of drug-likeness (QED) is 0.859. The van der Waals surface area contributed by atoms with Gasteiger partial charge >= 0.3 is 0 Å². The Bertz CT molecular complexity index is 704. The van der Waals surface area contributed by atoms with Crippen molar-refractivity contribution in [3.05, 3.63) is 60.2 Å². The third kappa shape index (κ3) is 2.35. The lowest BCUT2D eigenvalue weighted by Gasteiger charge is -2.15. The first-order chi connectivity index (χ1) is 9.99. The molecule has 1 heterocycles. The molecule has 0 aliphatic carbocycles. The van der Waals surface area contributed by atoms with Crippen molar-refractivity contribution < 1.29 is 9.59 Å². The standard InChI is InChI=1S/C18H17NO2/c1-18(2)16(20)15(17(21)19-18)14-10-6-9-13(11-14)12-7-4-3-5-8-12/h3-11,15H,1-2H3,(H,19,21). The average molecular weight is 279 g/mol. The number of benzene rings is 2. The molecule has 1 atom stereocenters. The summed E-state index contributed by atoms with van der Waals surface area (Å²) in [6.07, 6.45) is 0. The fourth-order valence-corrected chi connectivity index (χ4v) is 2.75. The van der Waals surface area contributed by atoms with Crippen LogP contribution in [0.25, 0.3) is 11.1 Å². The number of ketones is 1. The Morgan fingerprint density at radius 3 is 2.19 bits per heavy atom. The summed E-state index contributed by atoms with van der Waals surface area (Å²) in [4.78, 5) is 24.5. The number of carbonyl (C=O) groups excluding carboxylic acids is 2. The SMILES string of the molecule is CC1(C)NC(=O)C(c2cccc(-c3ccccc3)c2)C1=O. The van der Waals surface area contributed by atoms with Gasteiger partial charge in [0.1, 0.15) is 5.92 Å². The second kappa shape index (κ2) is 4.85. The van der Waals surface area contributed by atoms with Crippen LogP contribution in [-0.4, -0.2) is 17.2 Å². The van der Waals surface area contributed by atoms with E-state index in [2.05, 4.69) is 5.32 Å². The van der Waals surface area contributed by atoms with Gasteiger partial charge in [0.2, 0.25) is 5.91 Å².